The third-order valence-electron chi connectivity index (χ3n) is 6.66. The van der Waals surface area contributed by atoms with Crippen LogP contribution in [0.5, 0.6) is 17.2 Å². The predicted molar refractivity (Wildman–Crippen MR) is 127 cm³/mol. The summed E-state index contributed by atoms with van der Waals surface area (Å²) in [5, 5.41) is 11.7. The highest BCUT2D eigenvalue weighted by Crippen LogP contribution is 2.55. The zero-order chi connectivity index (χ0) is 25.5. The molecule has 0 amide bonds. The first-order chi connectivity index (χ1) is 16.7. The number of hydrogen-bond donors (Lipinski definition) is 1. The predicted octanol–water partition coefficient (Wildman–Crippen LogP) is 4.44. The van der Waals surface area contributed by atoms with Crippen molar-refractivity contribution in [1.29, 1.82) is 0 Å². The Hall–Kier alpha value is -3.52. The Balaban J connectivity index is 1.95. The number of rotatable bonds is 6. The number of hydrogen-bond acceptors (Lipinski definition) is 8. The summed E-state index contributed by atoms with van der Waals surface area (Å²) in [6, 6.07) is 10.2. The van der Waals surface area contributed by atoms with Crippen molar-refractivity contribution in [2.75, 3.05) is 21.3 Å². The van der Waals surface area contributed by atoms with E-state index in [1.807, 2.05) is 0 Å². The topological polar surface area (TPSA) is 108 Å². The van der Waals surface area contributed by atoms with Crippen molar-refractivity contribution >= 4 is 29.1 Å². The molecule has 1 unspecified atom stereocenters. The van der Waals surface area contributed by atoms with Crippen molar-refractivity contribution in [1.82, 2.24) is 0 Å². The number of halogens is 1. The second-order valence-electron chi connectivity index (χ2n) is 8.50. The van der Waals surface area contributed by atoms with E-state index < -0.39 is 34.9 Å². The molecule has 1 heterocycles. The van der Waals surface area contributed by atoms with Crippen LogP contribution in [0.3, 0.4) is 0 Å². The molecule has 35 heavy (non-hydrogen) atoms. The molecule has 9 heteroatoms. The molecule has 0 radical (unpaired) electrons. The van der Waals surface area contributed by atoms with E-state index in [4.69, 9.17) is 30.5 Å². The standard InChI is InChI=1S/C26H25ClO8/c1-13-10-16(28)20(15(11-19(29)34-4)14-8-6-5-7-9-14)24(30)26(13)25(31)21-17(32-2)12-18(33-3)22(27)23(21)35-26/h5-9,12-13,15,30H,10-11H2,1-4H3/t13-,15?,26+/m1/s1. The van der Waals surface area contributed by atoms with Crippen molar-refractivity contribution in [2.45, 2.75) is 31.3 Å². The smallest absolute Gasteiger partial charge is 0.306 e. The summed E-state index contributed by atoms with van der Waals surface area (Å²) in [4.78, 5) is 39.5. The van der Waals surface area contributed by atoms with E-state index >= 15 is 0 Å². The number of aliphatic hydroxyl groups is 1. The maximum Gasteiger partial charge on any atom is 0.306 e. The van der Waals surface area contributed by atoms with Gasteiger partial charge in [-0.2, -0.15) is 0 Å². The lowest BCUT2D eigenvalue weighted by atomic mass is 9.69. The number of Topliss-reactive ketones (excluding diaryl/α,β-unsaturated/α-hetero) is 2. The normalized spacial score (nSPS) is 22.0. The first kappa shape index (κ1) is 24.6. The molecular weight excluding hydrogens is 476 g/mol. The Morgan fingerprint density at radius 1 is 1.17 bits per heavy atom. The van der Waals surface area contributed by atoms with Gasteiger partial charge in [0.05, 0.1) is 27.8 Å². The fraction of sp³-hybridized carbons (Fsp3) is 0.346. The fourth-order valence-corrected chi connectivity index (χ4v) is 5.13. The van der Waals surface area contributed by atoms with E-state index in [0.29, 0.717) is 5.56 Å². The van der Waals surface area contributed by atoms with E-state index in [-0.39, 0.29) is 52.0 Å². The quantitative estimate of drug-likeness (QED) is 0.580. The molecule has 2 aromatic carbocycles. The molecule has 2 aliphatic rings. The van der Waals surface area contributed by atoms with Crippen LogP contribution in [-0.4, -0.2) is 49.6 Å². The molecule has 3 atom stereocenters. The van der Waals surface area contributed by atoms with Crippen LogP contribution in [0.1, 0.15) is 41.6 Å². The Kier molecular flexibility index (Phi) is 6.51. The molecule has 184 valence electrons. The molecule has 1 aliphatic heterocycles. The van der Waals surface area contributed by atoms with Crippen molar-refractivity contribution in [3.05, 3.63) is 63.9 Å². The number of allylic oxidation sites excluding steroid dienone is 1. The molecular formula is C26H25ClO8. The van der Waals surface area contributed by atoms with Crippen molar-refractivity contribution in [3.63, 3.8) is 0 Å². The molecule has 0 saturated heterocycles. The van der Waals surface area contributed by atoms with Crippen LogP contribution < -0.4 is 14.2 Å². The number of methoxy groups -OCH3 is 3. The third-order valence-corrected chi connectivity index (χ3v) is 7.02. The zero-order valence-electron chi connectivity index (χ0n) is 19.7. The van der Waals surface area contributed by atoms with Gasteiger partial charge in [0, 0.05) is 29.9 Å². The van der Waals surface area contributed by atoms with Crippen LogP contribution in [-0.2, 0) is 14.3 Å². The van der Waals surface area contributed by atoms with Crippen molar-refractivity contribution in [3.8, 4) is 17.2 Å². The number of ketones is 2. The molecule has 0 aromatic heterocycles. The summed E-state index contributed by atoms with van der Waals surface area (Å²) in [5.74, 6) is -3.29. The molecule has 1 spiro atoms. The number of fused-ring (bicyclic) bond motifs is 1. The highest BCUT2D eigenvalue weighted by Gasteiger charge is 2.61. The van der Waals surface area contributed by atoms with Crippen LogP contribution in [0.25, 0.3) is 0 Å². The van der Waals surface area contributed by atoms with Gasteiger partial charge in [-0.15, -0.1) is 0 Å². The van der Waals surface area contributed by atoms with Crippen LogP contribution in [0.2, 0.25) is 5.02 Å². The molecule has 4 rings (SSSR count). The average Bonchev–Trinajstić information content (AvgIpc) is 3.17. The van der Waals surface area contributed by atoms with Gasteiger partial charge in [-0.25, -0.2) is 0 Å². The Labute approximate surface area is 207 Å². The van der Waals surface area contributed by atoms with Gasteiger partial charge < -0.3 is 24.1 Å². The largest absolute Gasteiger partial charge is 0.507 e. The molecule has 8 nitrogen and oxygen atoms in total. The van der Waals surface area contributed by atoms with Gasteiger partial charge in [-0.3, -0.25) is 14.4 Å². The zero-order valence-corrected chi connectivity index (χ0v) is 20.5. The molecule has 1 aliphatic carbocycles. The first-order valence-electron chi connectivity index (χ1n) is 11.0. The molecule has 0 fully saturated rings. The highest BCUT2D eigenvalue weighted by atomic mass is 35.5. The van der Waals surface area contributed by atoms with Gasteiger partial charge >= 0.3 is 5.97 Å². The Morgan fingerprint density at radius 2 is 1.83 bits per heavy atom. The minimum atomic E-state index is -1.92. The maximum atomic E-state index is 13.9. The summed E-state index contributed by atoms with van der Waals surface area (Å²) in [5.41, 5.74) is -1.33. The first-order valence-corrected chi connectivity index (χ1v) is 11.4. The van der Waals surface area contributed by atoms with E-state index in [2.05, 4.69) is 0 Å². The Morgan fingerprint density at radius 3 is 2.43 bits per heavy atom. The maximum absolute atomic E-state index is 13.9. The van der Waals surface area contributed by atoms with Gasteiger partial charge in [0.15, 0.2) is 17.3 Å². The lowest BCUT2D eigenvalue weighted by molar-refractivity contribution is -0.140. The second-order valence-corrected chi connectivity index (χ2v) is 8.88. The lowest BCUT2D eigenvalue weighted by Gasteiger charge is -2.38. The van der Waals surface area contributed by atoms with E-state index in [1.165, 1.54) is 27.4 Å². The number of esters is 1. The molecule has 0 saturated carbocycles. The fourth-order valence-electron chi connectivity index (χ4n) is 4.86. The number of carbonyl (C=O) groups excluding carboxylic acids is 3. The van der Waals surface area contributed by atoms with E-state index in [1.54, 1.807) is 37.3 Å². The lowest BCUT2D eigenvalue weighted by Crippen LogP contribution is -2.53. The number of ether oxygens (including phenoxy) is 4. The Bertz CT molecular complexity index is 1240. The van der Waals surface area contributed by atoms with Gasteiger partial charge in [-0.1, -0.05) is 48.9 Å². The minimum absolute atomic E-state index is 0.00388. The summed E-state index contributed by atoms with van der Waals surface area (Å²) in [7, 11) is 4.04. The summed E-state index contributed by atoms with van der Waals surface area (Å²) >= 11 is 6.47. The van der Waals surface area contributed by atoms with Crippen LogP contribution >= 0.6 is 11.6 Å². The number of benzene rings is 2. The summed E-state index contributed by atoms with van der Waals surface area (Å²) in [6.07, 6.45) is -0.310. The highest BCUT2D eigenvalue weighted by molar-refractivity contribution is 6.35. The molecule has 0 bridgehead atoms. The van der Waals surface area contributed by atoms with E-state index in [9.17, 15) is 19.5 Å². The molecule has 1 N–H and O–H groups in total. The minimum Gasteiger partial charge on any atom is -0.507 e. The van der Waals surface area contributed by atoms with Crippen molar-refractivity contribution in [2.24, 2.45) is 5.92 Å². The second kappa shape index (κ2) is 9.26. The SMILES string of the molecule is COC(=O)CC(C1=C(O)[C@@]2(Oc3c(Cl)c(OC)cc(OC)c3C2=O)[C@H](C)CC1=O)c1ccccc1. The third kappa shape index (κ3) is 3.72. The summed E-state index contributed by atoms with van der Waals surface area (Å²) < 4.78 is 21.7. The monoisotopic (exact) mass is 500 g/mol. The van der Waals surface area contributed by atoms with Crippen LogP contribution in [0, 0.1) is 5.92 Å². The van der Waals surface area contributed by atoms with Crippen LogP contribution in [0.15, 0.2) is 47.7 Å². The van der Waals surface area contributed by atoms with Crippen LogP contribution in [0.4, 0.5) is 0 Å². The number of aliphatic hydroxyl groups excluding tert-OH is 1. The average molecular weight is 501 g/mol. The van der Waals surface area contributed by atoms with Gasteiger partial charge in [0.2, 0.25) is 11.4 Å². The number of carbonyl (C=O) groups is 3. The van der Waals surface area contributed by atoms with Gasteiger partial charge in [0.1, 0.15) is 22.1 Å². The van der Waals surface area contributed by atoms with Gasteiger partial charge in [0.25, 0.3) is 0 Å². The van der Waals surface area contributed by atoms with E-state index in [0.717, 1.165) is 0 Å². The summed E-state index contributed by atoms with van der Waals surface area (Å²) in [6.45, 7) is 1.64. The molecule has 2 aromatic rings. The van der Waals surface area contributed by atoms with Gasteiger partial charge in [-0.05, 0) is 5.56 Å². The van der Waals surface area contributed by atoms with Crippen molar-refractivity contribution < 1.29 is 38.4 Å².